The number of nitrogens with zero attached hydrogens (tertiary/aromatic N) is 4. The van der Waals surface area contributed by atoms with Gasteiger partial charge in [0.25, 0.3) is 0 Å². The summed E-state index contributed by atoms with van der Waals surface area (Å²) in [5.74, 6) is 1.01. The van der Waals surface area contributed by atoms with Crippen LogP contribution in [0.1, 0.15) is 16.8 Å². The molecule has 1 aromatic heterocycles. The van der Waals surface area contributed by atoms with E-state index in [1.165, 1.54) is 23.6 Å². The van der Waals surface area contributed by atoms with E-state index in [0.29, 0.717) is 16.7 Å². The number of aromatic nitrogens is 2. The lowest BCUT2D eigenvalue weighted by atomic mass is 10.1. The second-order valence-corrected chi connectivity index (χ2v) is 8.53. The van der Waals surface area contributed by atoms with Crippen LogP contribution >= 0.6 is 11.6 Å². The maximum Gasteiger partial charge on any atom is 0.158 e. The number of hydrogen-bond acceptors (Lipinski definition) is 8. The highest BCUT2D eigenvalue weighted by Gasteiger charge is 2.10. The molecule has 8 nitrogen and oxygen atoms in total. The molecule has 180 valence electrons. The summed E-state index contributed by atoms with van der Waals surface area (Å²) in [5.41, 5.74) is 4.65. The first-order valence-electron chi connectivity index (χ1n) is 11.5. The molecule has 2 heterocycles. The molecule has 3 N–H and O–H groups in total. The minimum absolute atomic E-state index is 0.257. The van der Waals surface area contributed by atoms with Gasteiger partial charge in [-0.25, -0.2) is 9.97 Å². The van der Waals surface area contributed by atoms with Crippen LogP contribution in [0.4, 0.5) is 17.2 Å². The highest BCUT2D eigenvalue weighted by Crippen LogP contribution is 2.22. The third kappa shape index (κ3) is 7.17. The zero-order valence-electron chi connectivity index (χ0n) is 19.4. The van der Waals surface area contributed by atoms with E-state index in [1.807, 2.05) is 24.3 Å². The predicted molar refractivity (Wildman–Crippen MR) is 139 cm³/mol. The van der Waals surface area contributed by atoms with Gasteiger partial charge in [0.2, 0.25) is 0 Å². The van der Waals surface area contributed by atoms with Crippen molar-refractivity contribution >= 4 is 28.8 Å². The van der Waals surface area contributed by atoms with Crippen LogP contribution in [0.3, 0.4) is 0 Å². The van der Waals surface area contributed by atoms with Gasteiger partial charge in [-0.15, -0.1) is 0 Å². The number of benzene rings is 2. The van der Waals surface area contributed by atoms with Crippen molar-refractivity contribution in [2.24, 2.45) is 0 Å². The van der Waals surface area contributed by atoms with Gasteiger partial charge in [-0.1, -0.05) is 36.4 Å². The van der Waals surface area contributed by atoms with Gasteiger partial charge in [-0.2, -0.15) is 5.26 Å². The fraction of sp³-hybridized carbons (Fsp3) is 0.269. The zero-order valence-corrected chi connectivity index (χ0v) is 20.2. The lowest BCUT2D eigenvalue weighted by molar-refractivity contribution is 0.122. The average molecular weight is 490 g/mol. The molecule has 4 rings (SSSR count). The van der Waals surface area contributed by atoms with Crippen LogP contribution in [-0.4, -0.2) is 42.8 Å². The number of hydrogen-bond donors (Lipinski definition) is 3. The van der Waals surface area contributed by atoms with E-state index in [1.54, 1.807) is 0 Å². The van der Waals surface area contributed by atoms with Crippen LogP contribution < -0.4 is 20.9 Å². The van der Waals surface area contributed by atoms with E-state index in [2.05, 4.69) is 61.7 Å². The Bertz CT molecular complexity index is 1170. The first-order valence-corrected chi connectivity index (χ1v) is 11.8. The summed E-state index contributed by atoms with van der Waals surface area (Å²) in [4.78, 5) is 10.4. The average Bonchev–Trinajstić information content (AvgIpc) is 2.89. The van der Waals surface area contributed by atoms with Crippen molar-refractivity contribution in [3.63, 3.8) is 0 Å². The quantitative estimate of drug-likeness (QED) is 0.365. The van der Waals surface area contributed by atoms with E-state index in [9.17, 15) is 0 Å². The molecular formula is C26H28ClN7O. The highest BCUT2D eigenvalue weighted by atomic mass is 35.5. The monoisotopic (exact) mass is 489 g/mol. The van der Waals surface area contributed by atoms with E-state index >= 15 is 0 Å². The lowest BCUT2D eigenvalue weighted by Crippen LogP contribution is -2.36. The molecule has 35 heavy (non-hydrogen) atoms. The van der Waals surface area contributed by atoms with Crippen LogP contribution in [0.15, 0.2) is 67.3 Å². The van der Waals surface area contributed by atoms with Crippen LogP contribution in [0.25, 0.3) is 0 Å². The SMILES string of the molecule is C=C(Nc1ccc(CCNCc2ccc(N3CCOCC3)cc2)c(Cl)c1)Nc1cnc(C#N)cn1. The van der Waals surface area contributed by atoms with E-state index < -0.39 is 0 Å². The van der Waals surface area contributed by atoms with Crippen LogP contribution in [0, 0.1) is 11.3 Å². The van der Waals surface area contributed by atoms with Crippen molar-refractivity contribution in [3.05, 3.63) is 89.1 Å². The molecule has 0 unspecified atom stereocenters. The molecular weight excluding hydrogens is 462 g/mol. The van der Waals surface area contributed by atoms with Crippen LogP contribution in [0.5, 0.6) is 0 Å². The molecule has 9 heteroatoms. The Morgan fingerprint density at radius 2 is 1.89 bits per heavy atom. The molecule has 0 aliphatic carbocycles. The smallest absolute Gasteiger partial charge is 0.158 e. The topological polar surface area (TPSA) is 98.1 Å². The molecule has 0 radical (unpaired) electrons. The summed E-state index contributed by atoms with van der Waals surface area (Å²) in [6.45, 7) is 9.06. The molecule has 1 saturated heterocycles. The van der Waals surface area contributed by atoms with Crippen molar-refractivity contribution in [3.8, 4) is 6.07 Å². The van der Waals surface area contributed by atoms with Crippen LogP contribution in [-0.2, 0) is 17.7 Å². The van der Waals surface area contributed by atoms with Gasteiger partial charge in [0.05, 0.1) is 25.6 Å². The maximum atomic E-state index is 8.80. The molecule has 3 aromatic rings. The predicted octanol–water partition coefficient (Wildman–Crippen LogP) is 4.17. The third-order valence-electron chi connectivity index (χ3n) is 5.61. The van der Waals surface area contributed by atoms with Crippen molar-refractivity contribution in [2.75, 3.05) is 48.4 Å². The van der Waals surface area contributed by atoms with Gasteiger partial charge in [-0.05, 0) is 48.4 Å². The van der Waals surface area contributed by atoms with Crippen molar-refractivity contribution in [1.82, 2.24) is 15.3 Å². The molecule has 0 bridgehead atoms. The minimum atomic E-state index is 0.257. The van der Waals surface area contributed by atoms with Gasteiger partial charge in [0, 0.05) is 36.0 Å². The number of nitriles is 1. The number of nitrogens with one attached hydrogen (secondary N) is 3. The Balaban J connectivity index is 1.20. The fourth-order valence-electron chi connectivity index (χ4n) is 3.74. The number of rotatable bonds is 10. The van der Waals surface area contributed by atoms with Gasteiger partial charge >= 0.3 is 0 Å². The normalized spacial score (nSPS) is 13.2. The minimum Gasteiger partial charge on any atom is -0.378 e. The molecule has 0 spiro atoms. The second kappa shape index (κ2) is 12.2. The summed E-state index contributed by atoms with van der Waals surface area (Å²) in [6, 6.07) is 16.5. The number of anilines is 3. The Labute approximate surface area is 210 Å². The molecule has 0 saturated carbocycles. The van der Waals surface area contributed by atoms with Crippen molar-refractivity contribution in [1.29, 1.82) is 5.26 Å². The third-order valence-corrected chi connectivity index (χ3v) is 5.96. The molecule has 0 amide bonds. The highest BCUT2D eigenvalue weighted by molar-refractivity contribution is 6.31. The summed E-state index contributed by atoms with van der Waals surface area (Å²) in [5, 5.41) is 19.1. The van der Waals surface area contributed by atoms with Gasteiger partial charge in [0.1, 0.15) is 17.7 Å². The summed E-state index contributed by atoms with van der Waals surface area (Å²) in [7, 11) is 0. The Kier molecular flexibility index (Phi) is 8.52. The standard InChI is InChI=1S/C26H28ClN7O/c1-19(33-26-18-30-23(15-28)17-31-26)32-22-5-4-21(25(27)14-22)8-9-29-16-20-2-6-24(7-3-20)34-10-12-35-13-11-34/h2-7,14,17-18,29,32H,1,8-13,16H2,(H,31,33). The summed E-state index contributed by atoms with van der Waals surface area (Å²) < 4.78 is 5.42. The molecule has 1 fully saturated rings. The first-order chi connectivity index (χ1) is 17.1. The van der Waals surface area contributed by atoms with Crippen molar-refractivity contribution in [2.45, 2.75) is 13.0 Å². The van der Waals surface area contributed by atoms with Crippen LogP contribution in [0.2, 0.25) is 5.02 Å². The van der Waals surface area contributed by atoms with E-state index in [-0.39, 0.29) is 5.69 Å². The summed E-state index contributed by atoms with van der Waals surface area (Å²) in [6.07, 6.45) is 3.70. The Morgan fingerprint density at radius 3 is 2.57 bits per heavy atom. The van der Waals surface area contributed by atoms with Gasteiger partial charge in [-0.3, -0.25) is 0 Å². The maximum absolute atomic E-state index is 8.80. The fourth-order valence-corrected chi connectivity index (χ4v) is 4.02. The summed E-state index contributed by atoms with van der Waals surface area (Å²) >= 11 is 6.51. The second-order valence-electron chi connectivity index (χ2n) is 8.13. The van der Waals surface area contributed by atoms with E-state index in [0.717, 1.165) is 57.1 Å². The molecule has 2 aromatic carbocycles. The zero-order chi connectivity index (χ0) is 24.5. The van der Waals surface area contributed by atoms with Crippen molar-refractivity contribution < 1.29 is 4.74 Å². The number of halogens is 1. The van der Waals surface area contributed by atoms with Gasteiger partial charge in [0.15, 0.2) is 5.69 Å². The largest absolute Gasteiger partial charge is 0.378 e. The molecule has 1 aliphatic heterocycles. The molecule has 1 aliphatic rings. The Hall–Kier alpha value is -3.64. The first kappa shape index (κ1) is 24.5. The Morgan fingerprint density at radius 1 is 1.09 bits per heavy atom. The van der Waals surface area contributed by atoms with Gasteiger partial charge < -0.3 is 25.6 Å². The number of morpholine rings is 1. The lowest BCUT2D eigenvalue weighted by Gasteiger charge is -2.28. The van der Waals surface area contributed by atoms with E-state index in [4.69, 9.17) is 21.6 Å². The molecule has 0 atom stereocenters. The number of ether oxygens (including phenoxy) is 1.